The molecular weight excluding hydrogens is 242 g/mol. The van der Waals surface area contributed by atoms with Crippen molar-refractivity contribution in [2.75, 3.05) is 40.4 Å². The summed E-state index contributed by atoms with van der Waals surface area (Å²) in [5.74, 6) is 0.597. The second-order valence-electron chi connectivity index (χ2n) is 5.64. The molecule has 112 valence electrons. The standard InChI is InChI=1S/C14H29N3O2/c1-6-12-15-13(11(2)3)14(18)17(12)8-7-16(4)9-10-19-5/h11-13,15H,6-10H2,1-5H3. The molecule has 2 atom stereocenters. The van der Waals surface area contributed by atoms with E-state index in [1.807, 2.05) is 4.90 Å². The minimum Gasteiger partial charge on any atom is -0.383 e. The van der Waals surface area contributed by atoms with Crippen LogP contribution in [0.1, 0.15) is 27.2 Å². The Balaban J connectivity index is 2.48. The van der Waals surface area contributed by atoms with Gasteiger partial charge in [-0.05, 0) is 19.4 Å². The molecule has 1 N–H and O–H groups in total. The van der Waals surface area contributed by atoms with Gasteiger partial charge in [0.25, 0.3) is 0 Å². The van der Waals surface area contributed by atoms with E-state index in [1.165, 1.54) is 0 Å². The van der Waals surface area contributed by atoms with Crippen molar-refractivity contribution in [3.8, 4) is 0 Å². The van der Waals surface area contributed by atoms with E-state index in [9.17, 15) is 4.79 Å². The Kier molecular flexibility index (Phi) is 6.75. The largest absolute Gasteiger partial charge is 0.383 e. The Bertz CT molecular complexity index is 284. The van der Waals surface area contributed by atoms with Gasteiger partial charge in [0.15, 0.2) is 0 Å². The van der Waals surface area contributed by atoms with E-state index >= 15 is 0 Å². The maximum absolute atomic E-state index is 12.4. The summed E-state index contributed by atoms with van der Waals surface area (Å²) in [6, 6.07) is -0.0192. The average Bonchev–Trinajstić information content (AvgIpc) is 2.70. The van der Waals surface area contributed by atoms with E-state index in [1.54, 1.807) is 7.11 Å². The maximum Gasteiger partial charge on any atom is 0.241 e. The highest BCUT2D eigenvalue weighted by atomic mass is 16.5. The minimum absolute atomic E-state index is 0.0192. The van der Waals surface area contributed by atoms with Crippen LogP contribution in [0.2, 0.25) is 0 Å². The van der Waals surface area contributed by atoms with Gasteiger partial charge in [0.1, 0.15) is 0 Å². The molecule has 0 spiro atoms. The number of methoxy groups -OCH3 is 1. The van der Waals surface area contributed by atoms with Gasteiger partial charge >= 0.3 is 0 Å². The first-order chi connectivity index (χ1) is 9.01. The van der Waals surface area contributed by atoms with Crippen LogP contribution in [0, 0.1) is 5.92 Å². The van der Waals surface area contributed by atoms with Crippen molar-refractivity contribution < 1.29 is 9.53 Å². The highest BCUT2D eigenvalue weighted by molar-refractivity contribution is 5.84. The third-order valence-corrected chi connectivity index (χ3v) is 3.75. The van der Waals surface area contributed by atoms with Crippen LogP contribution >= 0.6 is 0 Å². The lowest BCUT2D eigenvalue weighted by Gasteiger charge is -2.26. The number of ether oxygens (including phenoxy) is 1. The normalized spacial score (nSPS) is 23.9. The summed E-state index contributed by atoms with van der Waals surface area (Å²) in [5.41, 5.74) is 0. The van der Waals surface area contributed by atoms with Crippen molar-refractivity contribution in [1.29, 1.82) is 0 Å². The van der Waals surface area contributed by atoms with Crippen molar-refractivity contribution in [1.82, 2.24) is 15.1 Å². The number of hydrogen-bond acceptors (Lipinski definition) is 4. The molecule has 1 heterocycles. The Morgan fingerprint density at radius 2 is 2.11 bits per heavy atom. The Morgan fingerprint density at radius 1 is 1.42 bits per heavy atom. The molecule has 0 saturated carbocycles. The van der Waals surface area contributed by atoms with Gasteiger partial charge in [0.05, 0.1) is 18.8 Å². The third-order valence-electron chi connectivity index (χ3n) is 3.75. The van der Waals surface area contributed by atoms with Crippen molar-refractivity contribution in [3.63, 3.8) is 0 Å². The Labute approximate surface area is 117 Å². The van der Waals surface area contributed by atoms with Crippen LogP contribution in [-0.2, 0) is 9.53 Å². The molecule has 1 aliphatic heterocycles. The molecule has 2 unspecified atom stereocenters. The molecule has 0 aliphatic carbocycles. The predicted molar refractivity (Wildman–Crippen MR) is 76.9 cm³/mol. The third kappa shape index (κ3) is 4.44. The lowest BCUT2D eigenvalue weighted by Crippen LogP contribution is -2.41. The summed E-state index contributed by atoms with van der Waals surface area (Å²) < 4.78 is 5.06. The van der Waals surface area contributed by atoms with Crippen LogP contribution in [0.25, 0.3) is 0 Å². The van der Waals surface area contributed by atoms with E-state index in [0.717, 1.165) is 32.7 Å². The minimum atomic E-state index is -0.0192. The first-order valence-corrected chi connectivity index (χ1v) is 7.25. The quantitative estimate of drug-likeness (QED) is 0.708. The van der Waals surface area contributed by atoms with E-state index in [0.29, 0.717) is 5.92 Å². The summed E-state index contributed by atoms with van der Waals surface area (Å²) in [6.07, 6.45) is 1.15. The lowest BCUT2D eigenvalue weighted by atomic mass is 10.1. The van der Waals surface area contributed by atoms with Crippen LogP contribution in [0.5, 0.6) is 0 Å². The summed E-state index contributed by atoms with van der Waals surface area (Å²) in [4.78, 5) is 16.6. The number of hydrogen-bond donors (Lipinski definition) is 1. The molecule has 5 heteroatoms. The molecule has 1 fully saturated rings. The van der Waals surface area contributed by atoms with Gasteiger partial charge in [-0.2, -0.15) is 0 Å². The molecule has 1 rings (SSSR count). The first kappa shape index (κ1) is 16.4. The van der Waals surface area contributed by atoms with Crippen molar-refractivity contribution in [2.45, 2.75) is 39.4 Å². The molecule has 5 nitrogen and oxygen atoms in total. The zero-order valence-electron chi connectivity index (χ0n) is 13.0. The van der Waals surface area contributed by atoms with Gasteiger partial charge in [0, 0.05) is 26.7 Å². The van der Waals surface area contributed by atoms with Gasteiger partial charge in [-0.25, -0.2) is 0 Å². The summed E-state index contributed by atoms with van der Waals surface area (Å²) in [7, 11) is 3.77. The van der Waals surface area contributed by atoms with Crippen molar-refractivity contribution in [3.05, 3.63) is 0 Å². The number of nitrogens with one attached hydrogen (secondary N) is 1. The number of likely N-dealkylation sites (N-methyl/N-ethyl adjacent to an activating group) is 1. The van der Waals surface area contributed by atoms with E-state index in [-0.39, 0.29) is 18.1 Å². The fourth-order valence-electron chi connectivity index (χ4n) is 2.42. The topological polar surface area (TPSA) is 44.8 Å². The lowest BCUT2D eigenvalue weighted by molar-refractivity contribution is -0.130. The number of rotatable bonds is 8. The van der Waals surface area contributed by atoms with E-state index < -0.39 is 0 Å². The van der Waals surface area contributed by atoms with Crippen LogP contribution in [-0.4, -0.2) is 68.3 Å². The van der Waals surface area contributed by atoms with Gasteiger partial charge < -0.3 is 14.5 Å². The Morgan fingerprint density at radius 3 is 2.63 bits per heavy atom. The van der Waals surface area contributed by atoms with Crippen LogP contribution < -0.4 is 5.32 Å². The fraction of sp³-hybridized carbons (Fsp3) is 0.929. The zero-order valence-corrected chi connectivity index (χ0v) is 13.0. The van der Waals surface area contributed by atoms with Gasteiger partial charge in [0.2, 0.25) is 5.91 Å². The summed E-state index contributed by atoms with van der Waals surface area (Å²) >= 11 is 0. The monoisotopic (exact) mass is 271 g/mol. The van der Waals surface area contributed by atoms with Crippen LogP contribution in [0.4, 0.5) is 0 Å². The summed E-state index contributed by atoms with van der Waals surface area (Å²) in [6.45, 7) is 9.61. The van der Waals surface area contributed by atoms with Crippen molar-refractivity contribution >= 4 is 5.91 Å². The van der Waals surface area contributed by atoms with Crippen molar-refractivity contribution in [2.24, 2.45) is 5.92 Å². The molecule has 1 amide bonds. The molecular formula is C14H29N3O2. The van der Waals surface area contributed by atoms with Gasteiger partial charge in [-0.1, -0.05) is 20.8 Å². The molecule has 1 aliphatic rings. The molecule has 0 bridgehead atoms. The zero-order chi connectivity index (χ0) is 14.4. The van der Waals surface area contributed by atoms with E-state index in [2.05, 4.69) is 38.0 Å². The number of amides is 1. The fourth-order valence-corrected chi connectivity index (χ4v) is 2.42. The highest BCUT2D eigenvalue weighted by Gasteiger charge is 2.38. The second kappa shape index (κ2) is 7.82. The highest BCUT2D eigenvalue weighted by Crippen LogP contribution is 2.18. The van der Waals surface area contributed by atoms with Gasteiger partial charge in [-0.15, -0.1) is 0 Å². The Hall–Kier alpha value is -0.650. The second-order valence-corrected chi connectivity index (χ2v) is 5.64. The molecule has 0 radical (unpaired) electrons. The molecule has 1 saturated heterocycles. The van der Waals surface area contributed by atoms with Crippen LogP contribution in [0.15, 0.2) is 0 Å². The molecule has 0 aromatic carbocycles. The number of carbonyl (C=O) groups excluding carboxylic acids is 1. The first-order valence-electron chi connectivity index (χ1n) is 7.25. The predicted octanol–water partition coefficient (Wildman–Crippen LogP) is 0.757. The number of carbonyl (C=O) groups is 1. The number of nitrogens with zero attached hydrogens (tertiary/aromatic N) is 2. The van der Waals surface area contributed by atoms with Crippen LogP contribution in [0.3, 0.4) is 0 Å². The van der Waals surface area contributed by atoms with Gasteiger partial charge in [-0.3, -0.25) is 10.1 Å². The molecule has 0 aromatic rings. The summed E-state index contributed by atoms with van der Waals surface area (Å²) in [5, 5.41) is 3.44. The van der Waals surface area contributed by atoms with E-state index in [4.69, 9.17) is 4.74 Å². The molecule has 0 aromatic heterocycles. The SMILES string of the molecule is CCC1NC(C(C)C)C(=O)N1CCN(C)CCOC. The average molecular weight is 271 g/mol. The smallest absolute Gasteiger partial charge is 0.241 e. The molecule has 19 heavy (non-hydrogen) atoms. The maximum atomic E-state index is 12.4.